The van der Waals surface area contributed by atoms with Crippen LogP contribution in [0.15, 0.2) is 41.1 Å². The molecule has 0 radical (unpaired) electrons. The van der Waals surface area contributed by atoms with Gasteiger partial charge in [0.05, 0.1) is 17.1 Å². The molecule has 0 fully saturated rings. The van der Waals surface area contributed by atoms with E-state index in [2.05, 4.69) is 15.1 Å². The minimum Gasteiger partial charge on any atom is -0.334 e. The number of fused-ring (bicyclic) bond motifs is 1. The molecule has 102 valence electrons. The highest BCUT2D eigenvalue weighted by molar-refractivity contribution is 5.91. The Hall–Kier alpha value is -2.27. The van der Waals surface area contributed by atoms with E-state index in [1.165, 1.54) is 0 Å². The first-order valence-corrected chi connectivity index (χ1v) is 6.60. The average Bonchev–Trinajstić information content (AvgIpc) is 2.95. The van der Waals surface area contributed by atoms with Crippen molar-refractivity contribution in [1.82, 2.24) is 15.1 Å². The van der Waals surface area contributed by atoms with Gasteiger partial charge in [-0.05, 0) is 18.1 Å². The summed E-state index contributed by atoms with van der Waals surface area (Å²) in [7, 11) is 0. The standard InChI is InChI=1S/C15H16N4O/c1-9(2)12(16)14-18-15(20-19-14)11-7-3-5-10-6-4-8-17-13(10)11/h3-9,12H,16H2,1-2H3. The lowest BCUT2D eigenvalue weighted by Crippen LogP contribution is -2.18. The second-order valence-corrected chi connectivity index (χ2v) is 5.11. The highest BCUT2D eigenvalue weighted by atomic mass is 16.5. The molecule has 0 amide bonds. The molecule has 2 N–H and O–H groups in total. The monoisotopic (exact) mass is 268 g/mol. The van der Waals surface area contributed by atoms with Gasteiger partial charge in [-0.25, -0.2) is 0 Å². The van der Waals surface area contributed by atoms with Crippen LogP contribution in [0.5, 0.6) is 0 Å². The summed E-state index contributed by atoms with van der Waals surface area (Å²) in [5, 5.41) is 5.02. The molecular weight excluding hydrogens is 252 g/mol. The minimum absolute atomic E-state index is 0.226. The maximum absolute atomic E-state index is 6.04. The van der Waals surface area contributed by atoms with E-state index in [9.17, 15) is 0 Å². The zero-order valence-electron chi connectivity index (χ0n) is 11.4. The van der Waals surface area contributed by atoms with E-state index in [-0.39, 0.29) is 12.0 Å². The molecule has 0 saturated heterocycles. The van der Waals surface area contributed by atoms with E-state index in [0.29, 0.717) is 11.7 Å². The van der Waals surface area contributed by atoms with Gasteiger partial charge in [-0.1, -0.05) is 37.2 Å². The zero-order valence-corrected chi connectivity index (χ0v) is 11.4. The van der Waals surface area contributed by atoms with Crippen LogP contribution >= 0.6 is 0 Å². The molecule has 5 heteroatoms. The smallest absolute Gasteiger partial charge is 0.260 e. The minimum atomic E-state index is -0.226. The summed E-state index contributed by atoms with van der Waals surface area (Å²) in [6.07, 6.45) is 1.75. The second-order valence-electron chi connectivity index (χ2n) is 5.11. The van der Waals surface area contributed by atoms with E-state index in [1.807, 2.05) is 44.2 Å². The normalized spacial score (nSPS) is 13.0. The Morgan fingerprint density at radius 3 is 2.75 bits per heavy atom. The third kappa shape index (κ3) is 2.16. The SMILES string of the molecule is CC(C)C(N)c1noc(-c2cccc3cccnc23)n1. The van der Waals surface area contributed by atoms with Gasteiger partial charge in [-0.3, -0.25) is 4.98 Å². The summed E-state index contributed by atoms with van der Waals surface area (Å²) in [5.74, 6) is 1.24. The van der Waals surface area contributed by atoms with Crippen molar-refractivity contribution in [3.05, 3.63) is 42.4 Å². The zero-order chi connectivity index (χ0) is 14.1. The van der Waals surface area contributed by atoms with E-state index < -0.39 is 0 Å². The molecule has 0 aliphatic heterocycles. The number of aromatic nitrogens is 3. The molecular formula is C15H16N4O. The molecule has 1 unspecified atom stereocenters. The van der Waals surface area contributed by atoms with Crippen LogP contribution in [-0.2, 0) is 0 Å². The van der Waals surface area contributed by atoms with Gasteiger partial charge in [-0.2, -0.15) is 4.98 Å². The van der Waals surface area contributed by atoms with Gasteiger partial charge in [-0.15, -0.1) is 0 Å². The van der Waals surface area contributed by atoms with Gasteiger partial charge < -0.3 is 10.3 Å². The number of rotatable bonds is 3. The fourth-order valence-corrected chi connectivity index (χ4v) is 2.05. The van der Waals surface area contributed by atoms with Crippen molar-refractivity contribution in [2.45, 2.75) is 19.9 Å². The maximum atomic E-state index is 6.04. The summed E-state index contributed by atoms with van der Waals surface area (Å²) < 4.78 is 5.35. The van der Waals surface area contributed by atoms with E-state index >= 15 is 0 Å². The quantitative estimate of drug-likeness (QED) is 0.790. The second kappa shape index (κ2) is 5.02. The Kier molecular flexibility index (Phi) is 3.20. The Balaban J connectivity index is 2.08. The number of nitrogens with zero attached hydrogens (tertiary/aromatic N) is 3. The molecule has 20 heavy (non-hydrogen) atoms. The van der Waals surface area contributed by atoms with Gasteiger partial charge in [0.2, 0.25) is 0 Å². The molecule has 2 aromatic heterocycles. The lowest BCUT2D eigenvalue weighted by Gasteiger charge is -2.09. The highest BCUT2D eigenvalue weighted by Gasteiger charge is 2.19. The Labute approximate surface area is 116 Å². The predicted molar refractivity (Wildman–Crippen MR) is 76.8 cm³/mol. The first-order valence-electron chi connectivity index (χ1n) is 6.60. The predicted octanol–water partition coefficient (Wildman–Crippen LogP) is 2.94. The fourth-order valence-electron chi connectivity index (χ4n) is 2.05. The Morgan fingerprint density at radius 2 is 1.95 bits per heavy atom. The highest BCUT2D eigenvalue weighted by Crippen LogP contribution is 2.27. The van der Waals surface area contributed by atoms with Crippen molar-refractivity contribution in [2.24, 2.45) is 11.7 Å². The van der Waals surface area contributed by atoms with Crippen molar-refractivity contribution in [3.8, 4) is 11.5 Å². The number of para-hydroxylation sites is 1. The first kappa shape index (κ1) is 12.7. The van der Waals surface area contributed by atoms with Gasteiger partial charge in [0.1, 0.15) is 0 Å². The van der Waals surface area contributed by atoms with Crippen molar-refractivity contribution in [1.29, 1.82) is 0 Å². The van der Waals surface area contributed by atoms with E-state index in [0.717, 1.165) is 16.5 Å². The lowest BCUT2D eigenvalue weighted by molar-refractivity contribution is 0.400. The van der Waals surface area contributed by atoms with Crippen molar-refractivity contribution in [2.75, 3.05) is 0 Å². The van der Waals surface area contributed by atoms with Crippen LogP contribution in [0.4, 0.5) is 0 Å². The number of hydrogen-bond donors (Lipinski definition) is 1. The summed E-state index contributed by atoms with van der Waals surface area (Å²) in [4.78, 5) is 8.80. The van der Waals surface area contributed by atoms with Crippen LogP contribution in [0.3, 0.4) is 0 Å². The third-order valence-electron chi connectivity index (χ3n) is 3.32. The maximum Gasteiger partial charge on any atom is 0.260 e. The van der Waals surface area contributed by atoms with Crippen molar-refractivity contribution >= 4 is 10.9 Å². The van der Waals surface area contributed by atoms with Crippen LogP contribution in [0, 0.1) is 5.92 Å². The molecule has 0 saturated carbocycles. The Morgan fingerprint density at radius 1 is 1.15 bits per heavy atom. The van der Waals surface area contributed by atoms with Crippen LogP contribution in [0.1, 0.15) is 25.7 Å². The van der Waals surface area contributed by atoms with Gasteiger partial charge in [0.15, 0.2) is 5.82 Å². The number of pyridine rings is 1. The fraction of sp³-hybridized carbons (Fsp3) is 0.267. The summed E-state index contributed by atoms with van der Waals surface area (Å²) in [6.45, 7) is 4.06. The lowest BCUT2D eigenvalue weighted by atomic mass is 10.1. The van der Waals surface area contributed by atoms with Crippen LogP contribution in [-0.4, -0.2) is 15.1 Å². The molecule has 1 aromatic carbocycles. The van der Waals surface area contributed by atoms with Gasteiger partial charge in [0, 0.05) is 11.6 Å². The molecule has 0 bridgehead atoms. The third-order valence-corrected chi connectivity index (χ3v) is 3.32. The molecule has 0 aliphatic carbocycles. The molecule has 5 nitrogen and oxygen atoms in total. The van der Waals surface area contributed by atoms with Gasteiger partial charge >= 0.3 is 0 Å². The number of benzene rings is 1. The first-order chi connectivity index (χ1) is 9.66. The van der Waals surface area contributed by atoms with Gasteiger partial charge in [0.25, 0.3) is 5.89 Å². The van der Waals surface area contributed by atoms with Crippen LogP contribution in [0.2, 0.25) is 0 Å². The molecule has 1 atom stereocenters. The van der Waals surface area contributed by atoms with E-state index in [4.69, 9.17) is 10.3 Å². The average molecular weight is 268 g/mol. The topological polar surface area (TPSA) is 77.8 Å². The molecule has 0 spiro atoms. The molecule has 2 heterocycles. The summed E-state index contributed by atoms with van der Waals surface area (Å²) in [5.41, 5.74) is 7.72. The van der Waals surface area contributed by atoms with Crippen molar-refractivity contribution < 1.29 is 4.52 Å². The van der Waals surface area contributed by atoms with Crippen molar-refractivity contribution in [3.63, 3.8) is 0 Å². The summed E-state index contributed by atoms with van der Waals surface area (Å²) in [6, 6.07) is 9.56. The van der Waals surface area contributed by atoms with Crippen LogP contribution < -0.4 is 5.73 Å². The molecule has 3 rings (SSSR count). The molecule has 0 aliphatic rings. The van der Waals surface area contributed by atoms with Crippen LogP contribution in [0.25, 0.3) is 22.4 Å². The van der Waals surface area contributed by atoms with E-state index in [1.54, 1.807) is 6.20 Å². The number of hydrogen-bond acceptors (Lipinski definition) is 5. The Bertz CT molecular complexity index is 730. The largest absolute Gasteiger partial charge is 0.334 e. The number of nitrogens with two attached hydrogens (primary N) is 1. The summed E-state index contributed by atoms with van der Waals surface area (Å²) >= 11 is 0. The molecule has 3 aromatic rings.